The predicted molar refractivity (Wildman–Crippen MR) is 410 cm³/mol. The van der Waals surface area contributed by atoms with E-state index in [1.807, 2.05) is 6.08 Å². The van der Waals surface area contributed by atoms with Gasteiger partial charge in [0.05, 0.1) is 38.6 Å². The first-order valence-electron chi connectivity index (χ1n) is 40.6. The number of allylic oxidation sites excluding steroid dienone is 17. The molecular formula is C84H145NO18. The highest BCUT2D eigenvalue weighted by Crippen LogP contribution is 2.33. The number of aliphatic hydroxyl groups is 11. The van der Waals surface area contributed by atoms with Crippen LogP contribution in [0.3, 0.4) is 0 Å². The Hall–Kier alpha value is -3.55. The summed E-state index contributed by atoms with van der Waals surface area (Å²) in [6.07, 6.45) is 61.0. The maximum atomic E-state index is 13.5. The number of unbranched alkanes of at least 4 members (excludes halogenated alkanes) is 31. The fourth-order valence-corrected chi connectivity index (χ4v) is 13.1. The molecule has 3 heterocycles. The van der Waals surface area contributed by atoms with Gasteiger partial charge in [-0.25, -0.2) is 0 Å². The molecule has 1 amide bonds. The van der Waals surface area contributed by atoms with Crippen LogP contribution in [0.25, 0.3) is 0 Å². The fraction of sp³-hybridized carbons (Fsp3) is 0.774. The van der Waals surface area contributed by atoms with Gasteiger partial charge in [-0.1, -0.05) is 290 Å². The van der Waals surface area contributed by atoms with Crippen LogP contribution in [0.15, 0.2) is 109 Å². The van der Waals surface area contributed by atoms with Gasteiger partial charge in [0, 0.05) is 6.42 Å². The Morgan fingerprint density at radius 1 is 0.359 bits per heavy atom. The summed E-state index contributed by atoms with van der Waals surface area (Å²) in [7, 11) is 0. The number of hydrogen-bond donors (Lipinski definition) is 12. The van der Waals surface area contributed by atoms with E-state index in [1.165, 1.54) is 167 Å². The molecule has 0 aromatic heterocycles. The average molecular weight is 1460 g/mol. The van der Waals surface area contributed by atoms with Gasteiger partial charge < -0.3 is 89.9 Å². The molecule has 19 nitrogen and oxygen atoms in total. The summed E-state index contributed by atoms with van der Waals surface area (Å²) < 4.78 is 34.4. The molecule has 3 rings (SSSR count). The number of carbonyl (C=O) groups is 1. The van der Waals surface area contributed by atoms with E-state index in [2.05, 4.69) is 116 Å². The van der Waals surface area contributed by atoms with E-state index >= 15 is 0 Å². The zero-order valence-electron chi connectivity index (χ0n) is 63.5. The second kappa shape index (κ2) is 63.4. The predicted octanol–water partition coefficient (Wildman–Crippen LogP) is 13.7. The lowest BCUT2D eigenvalue weighted by Gasteiger charge is -2.48. The summed E-state index contributed by atoms with van der Waals surface area (Å²) in [6.45, 7) is 1.59. The van der Waals surface area contributed by atoms with E-state index < -0.39 is 124 Å². The largest absolute Gasteiger partial charge is 0.394 e. The standard InChI is InChI=1S/C84H145NO18/c1-3-5-7-9-11-13-15-17-19-21-22-23-24-25-26-27-28-29-30-31-32-33-34-35-36-37-38-39-40-41-42-43-44-46-48-50-52-54-56-58-60-62-72(90)85-67(68(89)61-59-57-55-53-51-49-47-45-20-18-16-14-12-10-8-6-4-2)66-98-82-78(96)75(93)80(70(64-87)100-82)103-84-79(97)76(94)81(71(65-88)101-84)102-83-77(95)74(92)73(91)69(63-86)99-83/h5,7,11,13,17,19-20,22-23,25-26,28-29,45,51,53,59,61,67-71,73-84,86-89,91-97H,3-4,6,8-10,12,14-16,18,21,24,27,30-44,46-50,52,54-58,60,62-66H2,1-2H3,(H,85,90)/b7-5-,13-11-,19-17-,23-22-,26-25-,29-28-,45-20+,53-51+,61-59+. The SMILES string of the molecule is CC/C=C\C/C=C\C/C=C\C/C=C\C/C=C\C/C=C\CCCCCCCCCCCCCCCCCCCCCCCCC(=O)NC(COC1OC(CO)C(OC2OC(CO)C(OC3OC(CO)C(O)C(O)C3O)C(O)C2O)C(O)C1O)C(O)/C=C/CC/C=C/CC/C=C/CCCCCCCCC. The monoisotopic (exact) mass is 1460 g/mol. The van der Waals surface area contributed by atoms with Crippen molar-refractivity contribution in [3.05, 3.63) is 109 Å². The number of nitrogens with one attached hydrogen (secondary N) is 1. The van der Waals surface area contributed by atoms with Crippen molar-refractivity contribution in [1.82, 2.24) is 5.32 Å². The van der Waals surface area contributed by atoms with Crippen molar-refractivity contribution in [2.24, 2.45) is 0 Å². The van der Waals surface area contributed by atoms with Crippen molar-refractivity contribution in [1.29, 1.82) is 0 Å². The minimum absolute atomic E-state index is 0.230. The Bertz CT molecular complexity index is 2290. The van der Waals surface area contributed by atoms with Crippen LogP contribution in [-0.4, -0.2) is 193 Å². The van der Waals surface area contributed by atoms with Gasteiger partial charge in [0.1, 0.15) is 73.2 Å². The van der Waals surface area contributed by atoms with Gasteiger partial charge in [-0.3, -0.25) is 4.79 Å². The smallest absolute Gasteiger partial charge is 0.220 e. The molecule has 0 spiro atoms. The Kier molecular flexibility index (Phi) is 57.6. The molecule has 0 radical (unpaired) electrons. The number of rotatable bonds is 63. The van der Waals surface area contributed by atoms with E-state index in [-0.39, 0.29) is 18.9 Å². The Morgan fingerprint density at radius 3 is 1.09 bits per heavy atom. The first-order valence-corrected chi connectivity index (χ1v) is 40.6. The molecule has 0 bridgehead atoms. The highest BCUT2D eigenvalue weighted by Gasteiger charge is 2.54. The van der Waals surface area contributed by atoms with Crippen molar-refractivity contribution in [2.45, 2.75) is 388 Å². The summed E-state index contributed by atoms with van der Waals surface area (Å²) in [6, 6.07) is -1.00. The van der Waals surface area contributed by atoms with Crippen LogP contribution in [0.2, 0.25) is 0 Å². The molecule has 594 valence electrons. The topological polar surface area (TPSA) is 307 Å². The van der Waals surface area contributed by atoms with E-state index in [9.17, 15) is 61.0 Å². The molecule has 17 atom stereocenters. The molecule has 103 heavy (non-hydrogen) atoms. The highest BCUT2D eigenvalue weighted by atomic mass is 16.8. The first kappa shape index (κ1) is 93.7. The van der Waals surface area contributed by atoms with Gasteiger partial charge in [0.25, 0.3) is 0 Å². The third-order valence-electron chi connectivity index (χ3n) is 19.5. The Balaban J connectivity index is 1.30. The fourth-order valence-electron chi connectivity index (χ4n) is 13.1. The molecule has 0 aliphatic carbocycles. The van der Waals surface area contributed by atoms with E-state index in [1.54, 1.807) is 6.08 Å². The number of ether oxygens (including phenoxy) is 6. The third-order valence-corrected chi connectivity index (χ3v) is 19.5. The highest BCUT2D eigenvalue weighted by molar-refractivity contribution is 5.76. The summed E-state index contributed by atoms with van der Waals surface area (Å²) in [5, 5.41) is 121. The van der Waals surface area contributed by atoms with Crippen LogP contribution >= 0.6 is 0 Å². The van der Waals surface area contributed by atoms with Crippen LogP contribution in [0.4, 0.5) is 0 Å². The molecule has 19 heteroatoms. The third kappa shape index (κ3) is 43.3. The molecule has 0 aromatic rings. The minimum atomic E-state index is -1.99. The van der Waals surface area contributed by atoms with Crippen LogP contribution in [-0.2, 0) is 33.2 Å². The zero-order valence-corrected chi connectivity index (χ0v) is 63.5. The molecule has 0 aromatic carbocycles. The summed E-state index contributed by atoms with van der Waals surface area (Å²) >= 11 is 0. The van der Waals surface area contributed by atoms with Crippen molar-refractivity contribution in [2.75, 3.05) is 26.4 Å². The molecule has 12 N–H and O–H groups in total. The average Bonchev–Trinajstić information content (AvgIpc) is 0.782. The van der Waals surface area contributed by atoms with Gasteiger partial charge in [-0.05, 0) is 96.3 Å². The molecule has 3 fully saturated rings. The second-order valence-corrected chi connectivity index (χ2v) is 28.5. The molecule has 17 unspecified atom stereocenters. The van der Waals surface area contributed by atoms with Crippen LogP contribution in [0.1, 0.15) is 284 Å². The van der Waals surface area contributed by atoms with Crippen molar-refractivity contribution < 1.29 is 89.4 Å². The van der Waals surface area contributed by atoms with Gasteiger partial charge in [0.15, 0.2) is 18.9 Å². The molecule has 3 saturated heterocycles. The van der Waals surface area contributed by atoms with Crippen LogP contribution < -0.4 is 5.32 Å². The van der Waals surface area contributed by atoms with Crippen LogP contribution in [0, 0.1) is 0 Å². The van der Waals surface area contributed by atoms with Gasteiger partial charge >= 0.3 is 0 Å². The van der Waals surface area contributed by atoms with Crippen LogP contribution in [0.5, 0.6) is 0 Å². The summed E-state index contributed by atoms with van der Waals surface area (Å²) in [5.74, 6) is -0.289. The van der Waals surface area contributed by atoms with Crippen molar-refractivity contribution in [3.8, 4) is 0 Å². The summed E-state index contributed by atoms with van der Waals surface area (Å²) in [4.78, 5) is 13.5. The Labute approximate surface area is 621 Å². The molecule has 3 aliphatic heterocycles. The maximum absolute atomic E-state index is 13.5. The molecule has 3 aliphatic rings. The molecular weight excluding hydrogens is 1310 g/mol. The quantitative estimate of drug-likeness (QED) is 0.0199. The maximum Gasteiger partial charge on any atom is 0.220 e. The zero-order chi connectivity index (χ0) is 74.6. The van der Waals surface area contributed by atoms with Crippen molar-refractivity contribution in [3.63, 3.8) is 0 Å². The van der Waals surface area contributed by atoms with E-state index in [4.69, 9.17) is 28.4 Å². The van der Waals surface area contributed by atoms with E-state index in [0.717, 1.165) is 83.5 Å². The van der Waals surface area contributed by atoms with Gasteiger partial charge in [0.2, 0.25) is 5.91 Å². The number of aliphatic hydroxyl groups excluding tert-OH is 11. The minimum Gasteiger partial charge on any atom is -0.394 e. The Morgan fingerprint density at radius 2 is 0.680 bits per heavy atom. The molecule has 0 saturated carbocycles. The lowest BCUT2D eigenvalue weighted by molar-refractivity contribution is -0.379. The van der Waals surface area contributed by atoms with Crippen molar-refractivity contribution >= 4 is 5.91 Å². The summed E-state index contributed by atoms with van der Waals surface area (Å²) in [5.41, 5.74) is 0. The van der Waals surface area contributed by atoms with E-state index in [0.29, 0.717) is 12.8 Å². The number of hydrogen-bond acceptors (Lipinski definition) is 18. The lowest BCUT2D eigenvalue weighted by Crippen LogP contribution is -2.66. The second-order valence-electron chi connectivity index (χ2n) is 28.5. The first-order chi connectivity index (χ1) is 50.3. The van der Waals surface area contributed by atoms with Gasteiger partial charge in [-0.15, -0.1) is 0 Å². The number of carbonyl (C=O) groups excluding carboxylic acids is 1. The number of amides is 1. The normalized spacial score (nSPS) is 26.6. The lowest BCUT2D eigenvalue weighted by atomic mass is 9.96. The van der Waals surface area contributed by atoms with Gasteiger partial charge in [-0.2, -0.15) is 0 Å².